The SMILES string of the molecule is c1ccc(Cn2nnnc2SCCN2CCCCC2)cc1. The van der Waals surface area contributed by atoms with Gasteiger partial charge in [0.15, 0.2) is 0 Å². The molecule has 1 saturated heterocycles. The molecule has 1 aliphatic rings. The first-order valence-electron chi connectivity index (χ1n) is 7.57. The number of thioether (sulfide) groups is 1. The Morgan fingerprint density at radius 2 is 1.86 bits per heavy atom. The summed E-state index contributed by atoms with van der Waals surface area (Å²) in [6, 6.07) is 10.3. The normalized spacial score (nSPS) is 16.2. The zero-order valence-electron chi connectivity index (χ0n) is 12.2. The van der Waals surface area contributed by atoms with Crippen LogP contribution in [0.3, 0.4) is 0 Å². The van der Waals surface area contributed by atoms with Gasteiger partial charge >= 0.3 is 0 Å². The summed E-state index contributed by atoms with van der Waals surface area (Å²) in [6.07, 6.45) is 4.08. The third-order valence-electron chi connectivity index (χ3n) is 3.76. The molecule has 0 N–H and O–H groups in total. The first kappa shape index (κ1) is 14.5. The lowest BCUT2D eigenvalue weighted by atomic mass is 10.1. The predicted octanol–water partition coefficient (Wildman–Crippen LogP) is 2.30. The molecule has 0 saturated carbocycles. The van der Waals surface area contributed by atoms with E-state index in [1.54, 1.807) is 11.8 Å². The molecule has 0 aliphatic carbocycles. The van der Waals surface area contributed by atoms with Crippen LogP contribution in [0.1, 0.15) is 24.8 Å². The van der Waals surface area contributed by atoms with Crippen molar-refractivity contribution in [2.45, 2.75) is 31.0 Å². The number of benzene rings is 1. The smallest absolute Gasteiger partial charge is 0.209 e. The molecule has 1 aromatic heterocycles. The van der Waals surface area contributed by atoms with Crippen LogP contribution in [0.2, 0.25) is 0 Å². The van der Waals surface area contributed by atoms with Crippen molar-refractivity contribution in [1.29, 1.82) is 0 Å². The van der Waals surface area contributed by atoms with Crippen molar-refractivity contribution in [3.05, 3.63) is 35.9 Å². The van der Waals surface area contributed by atoms with Crippen molar-refractivity contribution < 1.29 is 0 Å². The molecular weight excluding hydrogens is 282 g/mol. The highest BCUT2D eigenvalue weighted by atomic mass is 32.2. The van der Waals surface area contributed by atoms with Gasteiger partial charge in [-0.15, -0.1) is 5.10 Å². The lowest BCUT2D eigenvalue weighted by Crippen LogP contribution is -2.31. The van der Waals surface area contributed by atoms with Crippen molar-refractivity contribution in [2.75, 3.05) is 25.4 Å². The minimum atomic E-state index is 0.736. The topological polar surface area (TPSA) is 46.8 Å². The van der Waals surface area contributed by atoms with Crippen LogP contribution in [0.4, 0.5) is 0 Å². The van der Waals surface area contributed by atoms with Gasteiger partial charge in [0.05, 0.1) is 6.54 Å². The Balaban J connectivity index is 1.50. The number of aromatic nitrogens is 4. The van der Waals surface area contributed by atoms with Crippen LogP contribution in [0.25, 0.3) is 0 Å². The van der Waals surface area contributed by atoms with Gasteiger partial charge in [0.1, 0.15) is 0 Å². The number of likely N-dealkylation sites (tertiary alicyclic amines) is 1. The predicted molar refractivity (Wildman–Crippen MR) is 84.4 cm³/mol. The summed E-state index contributed by atoms with van der Waals surface area (Å²) >= 11 is 1.75. The third kappa shape index (κ3) is 4.28. The molecule has 5 nitrogen and oxygen atoms in total. The van der Waals surface area contributed by atoms with E-state index in [9.17, 15) is 0 Å². The summed E-state index contributed by atoms with van der Waals surface area (Å²) in [6.45, 7) is 4.35. The number of tetrazole rings is 1. The Labute approximate surface area is 129 Å². The standard InChI is InChI=1S/C15H21N5S/c1-3-7-14(8-4-1)13-20-15(16-17-18-20)21-12-11-19-9-5-2-6-10-19/h1,3-4,7-8H,2,5-6,9-13H2. The molecule has 0 unspecified atom stereocenters. The Morgan fingerprint density at radius 3 is 2.67 bits per heavy atom. The van der Waals surface area contributed by atoms with Gasteiger partial charge < -0.3 is 4.90 Å². The largest absolute Gasteiger partial charge is 0.303 e. The van der Waals surface area contributed by atoms with E-state index in [1.165, 1.54) is 37.9 Å². The van der Waals surface area contributed by atoms with Crippen molar-refractivity contribution in [2.24, 2.45) is 0 Å². The van der Waals surface area contributed by atoms with E-state index in [4.69, 9.17) is 0 Å². The van der Waals surface area contributed by atoms with Gasteiger partial charge in [0.2, 0.25) is 5.16 Å². The summed E-state index contributed by atoms with van der Waals surface area (Å²) < 4.78 is 1.89. The average Bonchev–Trinajstić information content (AvgIpc) is 2.97. The van der Waals surface area contributed by atoms with Crippen LogP contribution in [-0.2, 0) is 6.54 Å². The summed E-state index contributed by atoms with van der Waals surface area (Å²) in [5, 5.41) is 13.0. The van der Waals surface area contributed by atoms with Crippen LogP contribution in [0, 0.1) is 0 Å². The molecule has 21 heavy (non-hydrogen) atoms. The van der Waals surface area contributed by atoms with Crippen molar-refractivity contribution in [3.63, 3.8) is 0 Å². The molecule has 112 valence electrons. The zero-order valence-corrected chi connectivity index (χ0v) is 13.0. The van der Waals surface area contributed by atoms with Crippen molar-refractivity contribution in [3.8, 4) is 0 Å². The first-order chi connectivity index (χ1) is 10.4. The van der Waals surface area contributed by atoms with Gasteiger partial charge in [0, 0.05) is 12.3 Å². The van der Waals surface area contributed by atoms with Gasteiger partial charge in [-0.3, -0.25) is 0 Å². The molecule has 3 rings (SSSR count). The maximum atomic E-state index is 4.14. The van der Waals surface area contributed by atoms with Crippen LogP contribution < -0.4 is 0 Å². The fourth-order valence-electron chi connectivity index (χ4n) is 2.60. The number of nitrogens with zero attached hydrogens (tertiary/aromatic N) is 5. The van der Waals surface area contributed by atoms with Crippen LogP contribution in [0.15, 0.2) is 35.5 Å². The molecular formula is C15H21N5S. The highest BCUT2D eigenvalue weighted by molar-refractivity contribution is 7.99. The summed E-state index contributed by atoms with van der Waals surface area (Å²) in [7, 11) is 0. The van der Waals surface area contributed by atoms with Gasteiger partial charge in [-0.1, -0.05) is 48.5 Å². The van der Waals surface area contributed by atoms with Crippen LogP contribution in [-0.4, -0.2) is 50.5 Å². The minimum absolute atomic E-state index is 0.736. The maximum absolute atomic E-state index is 4.14. The summed E-state index contributed by atoms with van der Waals surface area (Å²) in [5.74, 6) is 1.05. The maximum Gasteiger partial charge on any atom is 0.209 e. The third-order valence-corrected chi connectivity index (χ3v) is 4.70. The molecule has 1 fully saturated rings. The van der Waals surface area contributed by atoms with Gasteiger partial charge in [-0.2, -0.15) is 0 Å². The van der Waals surface area contributed by atoms with Gasteiger partial charge in [0.25, 0.3) is 0 Å². The Morgan fingerprint density at radius 1 is 1.05 bits per heavy atom. The van der Waals surface area contributed by atoms with Gasteiger partial charge in [-0.25, -0.2) is 4.68 Å². The molecule has 2 heterocycles. The molecule has 2 aromatic rings. The second-order valence-electron chi connectivity index (χ2n) is 5.36. The Bertz CT molecular complexity index is 536. The van der Waals surface area contributed by atoms with E-state index in [-0.39, 0.29) is 0 Å². The zero-order chi connectivity index (χ0) is 14.3. The monoisotopic (exact) mass is 303 g/mol. The van der Waals surface area contributed by atoms with E-state index in [1.807, 2.05) is 22.9 Å². The number of hydrogen-bond acceptors (Lipinski definition) is 5. The molecule has 6 heteroatoms. The number of hydrogen-bond donors (Lipinski definition) is 0. The van der Waals surface area contributed by atoms with Crippen LogP contribution in [0.5, 0.6) is 0 Å². The van der Waals surface area contributed by atoms with E-state index < -0.39 is 0 Å². The summed E-state index contributed by atoms with van der Waals surface area (Å²) in [5.41, 5.74) is 1.22. The molecule has 0 amide bonds. The molecule has 0 bridgehead atoms. The number of rotatable bonds is 6. The first-order valence-corrected chi connectivity index (χ1v) is 8.55. The fraction of sp³-hybridized carbons (Fsp3) is 0.533. The average molecular weight is 303 g/mol. The summed E-state index contributed by atoms with van der Waals surface area (Å²) in [4.78, 5) is 2.54. The Hall–Kier alpha value is -1.40. The number of piperidine rings is 1. The quantitative estimate of drug-likeness (QED) is 0.766. The molecule has 0 spiro atoms. The molecule has 1 aromatic carbocycles. The van der Waals surface area contributed by atoms with E-state index >= 15 is 0 Å². The molecule has 0 radical (unpaired) electrons. The second-order valence-corrected chi connectivity index (χ2v) is 6.42. The van der Waals surface area contributed by atoms with Gasteiger partial charge in [-0.05, 0) is 41.9 Å². The van der Waals surface area contributed by atoms with Crippen molar-refractivity contribution in [1.82, 2.24) is 25.1 Å². The second kappa shape index (κ2) is 7.56. The molecule has 1 aliphatic heterocycles. The lowest BCUT2D eigenvalue weighted by molar-refractivity contribution is 0.242. The van der Waals surface area contributed by atoms with Crippen molar-refractivity contribution >= 4 is 11.8 Å². The minimum Gasteiger partial charge on any atom is -0.303 e. The molecule has 0 atom stereocenters. The van der Waals surface area contributed by atoms with E-state index in [0.29, 0.717) is 0 Å². The highest BCUT2D eigenvalue weighted by Gasteiger charge is 2.11. The van der Waals surface area contributed by atoms with E-state index in [0.717, 1.165) is 24.0 Å². The van der Waals surface area contributed by atoms with E-state index in [2.05, 4.69) is 32.6 Å². The Kier molecular flexibility index (Phi) is 5.23. The lowest BCUT2D eigenvalue weighted by Gasteiger charge is -2.25. The highest BCUT2D eigenvalue weighted by Crippen LogP contribution is 2.16. The fourth-order valence-corrected chi connectivity index (χ4v) is 3.48. The van der Waals surface area contributed by atoms with Crippen LogP contribution >= 0.6 is 11.8 Å².